The van der Waals surface area contributed by atoms with Crippen LogP contribution >= 0.6 is 22.6 Å². The molecule has 1 fully saturated rings. The van der Waals surface area contributed by atoms with E-state index in [1.807, 2.05) is 66.9 Å². The highest BCUT2D eigenvalue weighted by atomic mass is 33.1. The Morgan fingerprint density at radius 2 is 1.78 bits per heavy atom. The molecule has 2 N–H and O–H groups in total. The summed E-state index contributed by atoms with van der Waals surface area (Å²) in [5.74, 6) is -0.189. The zero-order chi connectivity index (χ0) is 22.2. The molecule has 6 nitrogen and oxygen atoms in total. The van der Waals surface area contributed by atoms with Crippen LogP contribution in [0.2, 0.25) is 0 Å². The molecule has 3 atom stereocenters. The van der Waals surface area contributed by atoms with Crippen LogP contribution in [0.3, 0.4) is 0 Å². The van der Waals surface area contributed by atoms with E-state index in [1.54, 1.807) is 28.8 Å². The molecular formula is C23H21N3O3S3. The molecule has 0 radical (unpaired) electrons. The van der Waals surface area contributed by atoms with Crippen LogP contribution in [-0.4, -0.2) is 40.2 Å². The molecule has 0 bridgehead atoms. The fraction of sp³-hybridized carbons (Fsp3) is 0.217. The predicted octanol–water partition coefficient (Wildman–Crippen LogP) is 3.75. The lowest BCUT2D eigenvalue weighted by atomic mass is 10.0. The molecular weight excluding hydrogens is 462 g/mol. The summed E-state index contributed by atoms with van der Waals surface area (Å²) in [6, 6.07) is 18.6. The minimum Gasteiger partial charge on any atom is -0.448 e. The smallest absolute Gasteiger partial charge is 0.356 e. The van der Waals surface area contributed by atoms with Gasteiger partial charge in [0, 0.05) is 28.7 Å². The summed E-state index contributed by atoms with van der Waals surface area (Å²) in [4.78, 5) is 28.7. The average Bonchev–Trinajstić information content (AvgIpc) is 3.28. The Bertz CT molecular complexity index is 1130. The highest BCUT2D eigenvalue weighted by molar-refractivity contribution is 8.71. The lowest BCUT2D eigenvalue weighted by molar-refractivity contribution is -0.153. The molecule has 0 aliphatic carbocycles. The van der Waals surface area contributed by atoms with Gasteiger partial charge in [-0.1, -0.05) is 60.7 Å². The molecule has 0 saturated carbocycles. The third kappa shape index (κ3) is 3.83. The first-order chi connectivity index (χ1) is 15.5. The zero-order valence-electron chi connectivity index (χ0n) is 17.2. The number of hydrogen-bond donors (Lipinski definition) is 1. The van der Waals surface area contributed by atoms with E-state index in [9.17, 15) is 9.59 Å². The first-order valence-corrected chi connectivity index (χ1v) is 14.0. The number of amides is 1. The molecule has 3 aliphatic heterocycles. The van der Waals surface area contributed by atoms with Gasteiger partial charge in [0.15, 0.2) is 6.10 Å². The van der Waals surface area contributed by atoms with Gasteiger partial charge >= 0.3 is 5.97 Å². The molecule has 3 aliphatic rings. The number of esters is 1. The van der Waals surface area contributed by atoms with Crippen molar-refractivity contribution in [2.24, 2.45) is 10.1 Å². The highest BCUT2D eigenvalue weighted by Crippen LogP contribution is 2.46. The predicted molar refractivity (Wildman–Crippen MR) is 130 cm³/mol. The summed E-state index contributed by atoms with van der Waals surface area (Å²) < 4.78 is 10.6. The van der Waals surface area contributed by atoms with Crippen molar-refractivity contribution in [2.45, 2.75) is 17.5 Å². The summed E-state index contributed by atoms with van der Waals surface area (Å²) in [5.41, 5.74) is 8.84. The minimum absolute atomic E-state index is 0.195. The zero-order valence-corrected chi connectivity index (χ0v) is 19.7. The Hall–Kier alpha value is -2.33. The normalized spacial score (nSPS) is 24.6. The third-order valence-electron chi connectivity index (χ3n) is 5.46. The molecule has 1 amide bonds. The number of rotatable bonds is 5. The van der Waals surface area contributed by atoms with Gasteiger partial charge < -0.3 is 10.5 Å². The van der Waals surface area contributed by atoms with Crippen LogP contribution in [0, 0.1) is 0 Å². The fourth-order valence-electron chi connectivity index (χ4n) is 3.86. The number of thioether (sulfide) groups is 1. The topological polar surface area (TPSA) is 85.0 Å². The van der Waals surface area contributed by atoms with Crippen molar-refractivity contribution >= 4 is 44.2 Å². The van der Waals surface area contributed by atoms with Crippen LogP contribution in [-0.2, 0) is 24.0 Å². The number of hydrogen-bond acceptors (Lipinski definition) is 7. The van der Waals surface area contributed by atoms with E-state index in [0.29, 0.717) is 11.4 Å². The van der Waals surface area contributed by atoms with E-state index in [0.717, 1.165) is 21.6 Å². The number of benzene rings is 2. The van der Waals surface area contributed by atoms with Crippen molar-refractivity contribution in [2.75, 3.05) is 12.0 Å². The fourth-order valence-corrected chi connectivity index (χ4v) is 7.72. The van der Waals surface area contributed by atoms with Gasteiger partial charge in [0.25, 0.3) is 0 Å². The molecule has 5 rings (SSSR count). The molecule has 0 aromatic heterocycles. The van der Waals surface area contributed by atoms with Crippen molar-refractivity contribution in [1.29, 1.82) is 0 Å². The van der Waals surface area contributed by atoms with E-state index >= 15 is 0 Å². The Balaban J connectivity index is 1.53. The van der Waals surface area contributed by atoms with Crippen molar-refractivity contribution in [3.05, 3.63) is 94.2 Å². The first kappa shape index (κ1) is 21.5. The van der Waals surface area contributed by atoms with Gasteiger partial charge in [-0.2, -0.15) is 0 Å². The van der Waals surface area contributed by atoms with Gasteiger partial charge in [-0.25, -0.2) is 9.16 Å². The second kappa shape index (κ2) is 8.90. The van der Waals surface area contributed by atoms with Gasteiger partial charge in [0.05, 0.1) is 0 Å². The number of allylic oxidation sites excluding steroid dienone is 1. The maximum atomic E-state index is 13.7. The summed E-state index contributed by atoms with van der Waals surface area (Å²) in [6.45, 7) is 0. The monoisotopic (exact) mass is 483 g/mol. The molecule has 164 valence electrons. The van der Waals surface area contributed by atoms with Gasteiger partial charge in [-0.15, -0.1) is 11.8 Å². The number of nitrogens with zero attached hydrogens (tertiary/aromatic N) is 2. The number of ether oxygens (including phenoxy) is 1. The second-order valence-electron chi connectivity index (χ2n) is 7.48. The lowest BCUT2D eigenvalue weighted by Crippen LogP contribution is -2.68. The van der Waals surface area contributed by atoms with Crippen LogP contribution < -0.4 is 5.73 Å². The molecule has 3 heterocycles. The minimum atomic E-state index is -0.598. The van der Waals surface area contributed by atoms with Crippen molar-refractivity contribution in [3.8, 4) is 0 Å². The molecule has 9 heteroatoms. The van der Waals surface area contributed by atoms with Crippen LogP contribution in [0.15, 0.2) is 87.4 Å². The van der Waals surface area contributed by atoms with Crippen LogP contribution in [0.4, 0.5) is 0 Å². The maximum absolute atomic E-state index is 13.7. The number of β-lactam (4-membered cyclic amide) rings is 1. The Morgan fingerprint density at radius 3 is 2.34 bits per heavy atom. The van der Waals surface area contributed by atoms with E-state index in [1.165, 1.54) is 4.90 Å². The van der Waals surface area contributed by atoms with Crippen LogP contribution in [0.25, 0.3) is 0 Å². The molecule has 2 aromatic rings. The maximum Gasteiger partial charge on any atom is 0.356 e. The Kier molecular flexibility index (Phi) is 5.98. The van der Waals surface area contributed by atoms with E-state index in [2.05, 4.69) is 4.36 Å². The number of carbonyl (C=O) groups excluding carboxylic acids is 2. The van der Waals surface area contributed by atoms with Gasteiger partial charge in [-0.3, -0.25) is 9.69 Å². The number of carbonyl (C=O) groups is 2. The lowest BCUT2D eigenvalue weighted by Gasteiger charge is -2.48. The van der Waals surface area contributed by atoms with Gasteiger partial charge in [0.1, 0.15) is 17.1 Å². The summed E-state index contributed by atoms with van der Waals surface area (Å²) in [6.07, 6.45) is 3.23. The van der Waals surface area contributed by atoms with Crippen molar-refractivity contribution in [3.63, 3.8) is 0 Å². The van der Waals surface area contributed by atoms with E-state index in [4.69, 9.17) is 10.5 Å². The summed E-state index contributed by atoms with van der Waals surface area (Å²) in [7, 11) is 1.41. The Labute approximate surface area is 196 Å². The van der Waals surface area contributed by atoms with E-state index < -0.39 is 18.1 Å². The highest BCUT2D eigenvalue weighted by Gasteiger charge is 2.52. The number of fused-ring (bicyclic) bond motifs is 1. The van der Waals surface area contributed by atoms with Crippen molar-refractivity contribution < 1.29 is 14.3 Å². The number of nitrogens with two attached hydrogens (primary N) is 1. The molecule has 32 heavy (non-hydrogen) atoms. The summed E-state index contributed by atoms with van der Waals surface area (Å²) >= 11 is 1.58. The van der Waals surface area contributed by atoms with Gasteiger partial charge in [-0.05, 0) is 31.6 Å². The van der Waals surface area contributed by atoms with Gasteiger partial charge in [0.2, 0.25) is 5.91 Å². The second-order valence-corrected chi connectivity index (χ2v) is 12.2. The molecule has 1 saturated heterocycles. The SMILES string of the molecule is CS1=NC=C(C2=C(C(=O)OC(c3ccccc3)c3ccccc3)N3C(=O)C(N)C3SC2)S1. The van der Waals surface area contributed by atoms with Crippen LogP contribution in [0.1, 0.15) is 17.2 Å². The van der Waals surface area contributed by atoms with E-state index in [-0.39, 0.29) is 21.0 Å². The molecule has 2 aromatic carbocycles. The standard InChI is InChI=1S/C23H21N3O3S3/c1-32-25-12-17(31-32)16-13-30-22-18(24)21(27)26(22)19(16)23(28)29-20(14-8-4-2-5-9-14)15-10-6-3-7-11-15/h2-12,18,20,22H,13,24H2,1H3. The molecule has 0 spiro atoms. The average molecular weight is 484 g/mol. The largest absolute Gasteiger partial charge is 0.448 e. The molecule has 3 unspecified atom stereocenters. The summed E-state index contributed by atoms with van der Waals surface area (Å²) in [5, 5.41) is -0.246. The quantitative estimate of drug-likeness (QED) is 0.396. The van der Waals surface area contributed by atoms with Crippen LogP contribution in [0.5, 0.6) is 0 Å². The first-order valence-electron chi connectivity index (χ1n) is 10.0. The third-order valence-corrected chi connectivity index (χ3v) is 9.45. The van der Waals surface area contributed by atoms with Crippen molar-refractivity contribution in [1.82, 2.24) is 4.90 Å². The Morgan fingerprint density at radius 1 is 1.16 bits per heavy atom.